The maximum Gasteiger partial charge on any atom is 0.140 e. The largest absolute Gasteiger partial charge is 0.327 e. The highest BCUT2D eigenvalue weighted by atomic mass is 16.1. The SMILES string of the molecule is CC1CC(C)CC(C(=O)C(C)C(C)N)C1. The highest BCUT2D eigenvalue weighted by Crippen LogP contribution is 2.34. The van der Waals surface area contributed by atoms with Crippen LogP contribution in [0.25, 0.3) is 0 Å². The Hall–Kier alpha value is -0.370. The van der Waals surface area contributed by atoms with E-state index in [0.29, 0.717) is 17.6 Å². The first-order valence-corrected chi connectivity index (χ1v) is 6.21. The third-order valence-corrected chi connectivity index (χ3v) is 3.82. The molecule has 4 unspecified atom stereocenters. The van der Waals surface area contributed by atoms with Crippen molar-refractivity contribution in [1.29, 1.82) is 0 Å². The monoisotopic (exact) mass is 211 g/mol. The van der Waals surface area contributed by atoms with Crippen LogP contribution in [0.1, 0.15) is 47.0 Å². The van der Waals surface area contributed by atoms with E-state index in [4.69, 9.17) is 5.73 Å². The molecule has 1 saturated carbocycles. The molecular formula is C13H25NO. The van der Waals surface area contributed by atoms with Crippen molar-refractivity contribution in [2.75, 3.05) is 0 Å². The Morgan fingerprint density at radius 3 is 2.00 bits per heavy atom. The summed E-state index contributed by atoms with van der Waals surface area (Å²) in [6.07, 6.45) is 3.41. The first kappa shape index (κ1) is 12.7. The maximum atomic E-state index is 12.2. The molecule has 0 saturated heterocycles. The zero-order valence-corrected chi connectivity index (χ0v) is 10.5. The van der Waals surface area contributed by atoms with Crippen LogP contribution in [-0.2, 0) is 4.79 Å². The van der Waals surface area contributed by atoms with Gasteiger partial charge in [0, 0.05) is 17.9 Å². The molecule has 88 valence electrons. The van der Waals surface area contributed by atoms with Gasteiger partial charge in [-0.1, -0.05) is 20.8 Å². The second-order valence-electron chi connectivity index (χ2n) is 5.66. The van der Waals surface area contributed by atoms with Crippen molar-refractivity contribution in [3.05, 3.63) is 0 Å². The summed E-state index contributed by atoms with van der Waals surface area (Å²) in [5.74, 6) is 2.08. The number of hydrogen-bond donors (Lipinski definition) is 1. The maximum absolute atomic E-state index is 12.2. The van der Waals surface area contributed by atoms with Crippen LogP contribution >= 0.6 is 0 Å². The topological polar surface area (TPSA) is 43.1 Å². The van der Waals surface area contributed by atoms with Gasteiger partial charge in [0.1, 0.15) is 5.78 Å². The summed E-state index contributed by atoms with van der Waals surface area (Å²) in [6.45, 7) is 8.41. The van der Waals surface area contributed by atoms with E-state index in [1.165, 1.54) is 6.42 Å². The number of carbonyl (C=O) groups is 1. The molecule has 0 spiro atoms. The van der Waals surface area contributed by atoms with Crippen molar-refractivity contribution >= 4 is 5.78 Å². The second kappa shape index (κ2) is 5.11. The molecule has 2 nitrogen and oxygen atoms in total. The van der Waals surface area contributed by atoms with Crippen molar-refractivity contribution in [3.8, 4) is 0 Å². The Labute approximate surface area is 93.6 Å². The first-order chi connectivity index (χ1) is 6.91. The number of Topliss-reactive ketones (excluding diaryl/α,β-unsaturated/α-hetero) is 1. The van der Waals surface area contributed by atoms with Crippen molar-refractivity contribution in [1.82, 2.24) is 0 Å². The van der Waals surface area contributed by atoms with Gasteiger partial charge in [-0.3, -0.25) is 4.79 Å². The molecule has 1 aliphatic carbocycles. The minimum absolute atomic E-state index is 0.00922. The van der Waals surface area contributed by atoms with E-state index in [1.807, 2.05) is 13.8 Å². The number of ketones is 1. The lowest BCUT2D eigenvalue weighted by Crippen LogP contribution is -2.37. The van der Waals surface area contributed by atoms with Crippen LogP contribution < -0.4 is 5.73 Å². The number of hydrogen-bond acceptors (Lipinski definition) is 2. The minimum Gasteiger partial charge on any atom is -0.327 e. The zero-order valence-electron chi connectivity index (χ0n) is 10.5. The summed E-state index contributed by atoms with van der Waals surface area (Å²) in [7, 11) is 0. The quantitative estimate of drug-likeness (QED) is 0.779. The average Bonchev–Trinajstić information content (AvgIpc) is 2.13. The summed E-state index contributed by atoms with van der Waals surface area (Å²) in [6, 6.07) is -0.00922. The Morgan fingerprint density at radius 1 is 1.13 bits per heavy atom. The fourth-order valence-corrected chi connectivity index (χ4v) is 2.81. The summed E-state index contributed by atoms with van der Waals surface area (Å²) in [5.41, 5.74) is 5.79. The van der Waals surface area contributed by atoms with Gasteiger partial charge < -0.3 is 5.73 Å². The molecule has 0 heterocycles. The fourth-order valence-electron chi connectivity index (χ4n) is 2.81. The second-order valence-corrected chi connectivity index (χ2v) is 5.66. The molecule has 1 fully saturated rings. The van der Waals surface area contributed by atoms with E-state index in [0.717, 1.165) is 12.8 Å². The normalized spacial score (nSPS) is 35.9. The molecule has 1 rings (SSSR count). The van der Waals surface area contributed by atoms with Crippen LogP contribution in [0.3, 0.4) is 0 Å². The lowest BCUT2D eigenvalue weighted by atomic mass is 9.72. The van der Waals surface area contributed by atoms with Crippen LogP contribution in [0, 0.1) is 23.7 Å². The summed E-state index contributed by atoms with van der Waals surface area (Å²) in [4.78, 5) is 12.2. The average molecular weight is 211 g/mol. The molecule has 1 aliphatic rings. The summed E-state index contributed by atoms with van der Waals surface area (Å²) >= 11 is 0. The Balaban J connectivity index is 2.59. The van der Waals surface area contributed by atoms with Gasteiger partial charge in [0.2, 0.25) is 0 Å². The zero-order chi connectivity index (χ0) is 11.6. The highest BCUT2D eigenvalue weighted by molar-refractivity contribution is 5.83. The number of carbonyl (C=O) groups excluding carboxylic acids is 1. The minimum atomic E-state index is -0.00922. The predicted octanol–water partition coefficient (Wildman–Crippen LogP) is 2.61. The van der Waals surface area contributed by atoms with Gasteiger partial charge in [0.15, 0.2) is 0 Å². The van der Waals surface area contributed by atoms with Gasteiger partial charge in [-0.05, 0) is 38.0 Å². The molecule has 0 radical (unpaired) electrons. The number of nitrogens with two attached hydrogens (primary N) is 1. The van der Waals surface area contributed by atoms with Crippen molar-refractivity contribution in [2.24, 2.45) is 29.4 Å². The van der Waals surface area contributed by atoms with Crippen molar-refractivity contribution in [2.45, 2.75) is 53.0 Å². The van der Waals surface area contributed by atoms with E-state index >= 15 is 0 Å². The van der Waals surface area contributed by atoms with Crippen molar-refractivity contribution in [3.63, 3.8) is 0 Å². The van der Waals surface area contributed by atoms with Crippen LogP contribution in [0.2, 0.25) is 0 Å². The van der Waals surface area contributed by atoms with E-state index in [1.54, 1.807) is 0 Å². The molecule has 2 N–H and O–H groups in total. The highest BCUT2D eigenvalue weighted by Gasteiger charge is 2.32. The van der Waals surface area contributed by atoms with Gasteiger partial charge in [-0.15, -0.1) is 0 Å². The van der Waals surface area contributed by atoms with E-state index < -0.39 is 0 Å². The van der Waals surface area contributed by atoms with Crippen LogP contribution in [0.15, 0.2) is 0 Å². The van der Waals surface area contributed by atoms with Gasteiger partial charge >= 0.3 is 0 Å². The molecule has 15 heavy (non-hydrogen) atoms. The van der Waals surface area contributed by atoms with Crippen molar-refractivity contribution < 1.29 is 4.79 Å². The standard InChI is InChI=1S/C13H25NO/c1-8-5-9(2)7-12(6-8)13(15)10(3)11(4)14/h8-12H,5-7,14H2,1-4H3. The molecule has 0 aromatic rings. The predicted molar refractivity (Wildman–Crippen MR) is 63.5 cm³/mol. The van der Waals surface area contributed by atoms with Crippen LogP contribution in [0.5, 0.6) is 0 Å². The Morgan fingerprint density at radius 2 is 1.60 bits per heavy atom. The van der Waals surface area contributed by atoms with Gasteiger partial charge in [0.05, 0.1) is 0 Å². The number of rotatable bonds is 3. The smallest absolute Gasteiger partial charge is 0.140 e. The molecule has 0 aromatic heterocycles. The molecule has 4 atom stereocenters. The Kier molecular flexibility index (Phi) is 4.32. The molecule has 0 aromatic carbocycles. The molecule has 0 amide bonds. The van der Waals surface area contributed by atoms with E-state index in [2.05, 4.69) is 13.8 Å². The van der Waals surface area contributed by atoms with Crippen LogP contribution in [-0.4, -0.2) is 11.8 Å². The molecule has 0 bridgehead atoms. The first-order valence-electron chi connectivity index (χ1n) is 6.21. The summed E-state index contributed by atoms with van der Waals surface area (Å²) in [5, 5.41) is 0. The third-order valence-electron chi connectivity index (χ3n) is 3.82. The van der Waals surface area contributed by atoms with Gasteiger partial charge in [-0.2, -0.15) is 0 Å². The van der Waals surface area contributed by atoms with Gasteiger partial charge in [-0.25, -0.2) is 0 Å². The van der Waals surface area contributed by atoms with E-state index in [-0.39, 0.29) is 17.9 Å². The molecular weight excluding hydrogens is 186 g/mol. The van der Waals surface area contributed by atoms with Gasteiger partial charge in [0.25, 0.3) is 0 Å². The lowest BCUT2D eigenvalue weighted by Gasteiger charge is -2.32. The third kappa shape index (κ3) is 3.30. The fraction of sp³-hybridized carbons (Fsp3) is 0.923. The van der Waals surface area contributed by atoms with Crippen LogP contribution in [0.4, 0.5) is 0 Å². The summed E-state index contributed by atoms with van der Waals surface area (Å²) < 4.78 is 0. The molecule has 2 heteroatoms. The molecule has 0 aliphatic heterocycles. The van der Waals surface area contributed by atoms with E-state index in [9.17, 15) is 4.79 Å². The lowest BCUT2D eigenvalue weighted by molar-refractivity contribution is -0.128. The Bertz CT molecular complexity index is 215.